The van der Waals surface area contributed by atoms with Gasteiger partial charge < -0.3 is 19.8 Å². The van der Waals surface area contributed by atoms with E-state index in [0.717, 1.165) is 23.0 Å². The smallest absolute Gasteiger partial charge is 0.248 e. The largest absolute Gasteiger partial charge is 0.394 e. The van der Waals surface area contributed by atoms with Crippen LogP contribution in [-0.4, -0.2) is 94.3 Å². The third kappa shape index (κ3) is 5.25. The molecule has 2 unspecified atom stereocenters. The molecule has 2 aromatic carbocycles. The normalized spacial score (nSPS) is 25.7. The Balaban J connectivity index is 1.36. The maximum absolute atomic E-state index is 14.8. The first-order valence-corrected chi connectivity index (χ1v) is 16.5. The molecule has 1 aromatic heterocycles. The fourth-order valence-corrected chi connectivity index (χ4v) is 9.78. The number of aromatic nitrogens is 3. The number of thioether (sulfide) groups is 1. The van der Waals surface area contributed by atoms with Crippen molar-refractivity contribution in [1.29, 1.82) is 0 Å². The summed E-state index contributed by atoms with van der Waals surface area (Å²) in [6.45, 7) is 10.6. The molecule has 6 atom stereocenters. The summed E-state index contributed by atoms with van der Waals surface area (Å²) in [6.07, 6.45) is 5.24. The number of amides is 3. The van der Waals surface area contributed by atoms with Gasteiger partial charge in [-0.1, -0.05) is 66.8 Å². The maximum Gasteiger partial charge on any atom is 0.248 e. The summed E-state index contributed by atoms with van der Waals surface area (Å²) in [5, 5.41) is 18.9. The highest BCUT2D eigenvalue weighted by atomic mass is 32.2. The molecule has 3 aliphatic rings. The van der Waals surface area contributed by atoms with E-state index in [1.807, 2.05) is 61.5 Å². The third-order valence-corrected chi connectivity index (χ3v) is 11.5. The van der Waals surface area contributed by atoms with Crippen molar-refractivity contribution < 1.29 is 19.5 Å². The number of benzene rings is 2. The number of fused-ring (bicyclic) bond motifs is 2. The summed E-state index contributed by atoms with van der Waals surface area (Å²) >= 11 is 1.63. The Hall–Kier alpha value is -3.96. The maximum atomic E-state index is 14.8. The molecule has 2 bridgehead atoms. The molecule has 0 radical (unpaired) electrons. The van der Waals surface area contributed by atoms with Gasteiger partial charge in [0, 0.05) is 24.9 Å². The minimum atomic E-state index is -0.836. The van der Waals surface area contributed by atoms with E-state index in [4.69, 9.17) is 0 Å². The molecule has 1 spiro atoms. The van der Waals surface area contributed by atoms with E-state index < -0.39 is 28.7 Å². The Bertz CT molecular complexity index is 1590. The molecule has 3 saturated heterocycles. The predicted molar refractivity (Wildman–Crippen MR) is 174 cm³/mol. The van der Waals surface area contributed by atoms with Crippen LogP contribution in [0.4, 0.5) is 0 Å². The second kappa shape index (κ2) is 12.8. The van der Waals surface area contributed by atoms with Crippen molar-refractivity contribution in [2.24, 2.45) is 11.8 Å². The number of para-hydroxylation sites is 1. The van der Waals surface area contributed by atoms with Crippen LogP contribution >= 0.6 is 11.8 Å². The van der Waals surface area contributed by atoms with Gasteiger partial charge in [0.25, 0.3) is 0 Å². The lowest BCUT2D eigenvalue weighted by molar-refractivity contribution is -0.147. The topological polar surface area (TPSA) is 112 Å². The Morgan fingerprint density at radius 3 is 2.51 bits per heavy atom. The number of aliphatic hydroxyl groups excluding tert-OH is 1. The van der Waals surface area contributed by atoms with Crippen LogP contribution in [0.15, 0.2) is 79.9 Å². The van der Waals surface area contributed by atoms with Crippen LogP contribution in [0.3, 0.4) is 0 Å². The molecule has 0 aliphatic carbocycles. The van der Waals surface area contributed by atoms with Crippen LogP contribution in [-0.2, 0) is 27.6 Å². The van der Waals surface area contributed by atoms with Crippen molar-refractivity contribution in [3.05, 3.63) is 85.5 Å². The molecule has 0 saturated carbocycles. The number of rotatable bonds is 13. The van der Waals surface area contributed by atoms with Crippen LogP contribution in [0.5, 0.6) is 0 Å². The Labute approximate surface area is 267 Å². The highest BCUT2D eigenvalue weighted by molar-refractivity contribution is 8.02. The molecular formula is C34H40N6O4S. The van der Waals surface area contributed by atoms with E-state index in [9.17, 15) is 19.5 Å². The van der Waals surface area contributed by atoms with E-state index >= 15 is 0 Å². The number of likely N-dealkylation sites (tertiary alicyclic amines) is 1. The zero-order chi connectivity index (χ0) is 31.7. The first-order chi connectivity index (χ1) is 21.9. The van der Waals surface area contributed by atoms with E-state index in [1.54, 1.807) is 43.3 Å². The Kier molecular flexibility index (Phi) is 8.83. The fraction of sp³-hybridized carbons (Fsp3) is 0.441. The lowest BCUT2D eigenvalue weighted by Gasteiger charge is -2.39. The summed E-state index contributed by atoms with van der Waals surface area (Å²) in [5.41, 5.74) is 2.51. The highest BCUT2D eigenvalue weighted by Crippen LogP contribution is 2.67. The van der Waals surface area contributed by atoms with Gasteiger partial charge in [0.2, 0.25) is 17.7 Å². The highest BCUT2D eigenvalue weighted by Gasteiger charge is 2.74. The molecule has 236 valence electrons. The summed E-state index contributed by atoms with van der Waals surface area (Å²) < 4.78 is 0.900. The van der Waals surface area contributed by atoms with E-state index in [0.29, 0.717) is 25.9 Å². The summed E-state index contributed by atoms with van der Waals surface area (Å²) in [6, 6.07) is 16.0. The van der Waals surface area contributed by atoms with Gasteiger partial charge in [0.15, 0.2) is 0 Å². The second-order valence-electron chi connectivity index (χ2n) is 12.1. The van der Waals surface area contributed by atoms with Crippen LogP contribution in [0.25, 0.3) is 11.0 Å². The second-order valence-corrected chi connectivity index (χ2v) is 13.7. The number of hydrogen-bond acceptors (Lipinski definition) is 7. The monoisotopic (exact) mass is 628 g/mol. The number of carbonyl (C=O) groups is 3. The molecule has 3 aliphatic heterocycles. The van der Waals surface area contributed by atoms with Crippen LogP contribution in [0.2, 0.25) is 0 Å². The molecule has 4 heterocycles. The van der Waals surface area contributed by atoms with Gasteiger partial charge in [-0.25, -0.2) is 4.68 Å². The molecule has 3 fully saturated rings. The number of carbonyl (C=O) groups excluding carboxylic acids is 3. The zero-order valence-electron chi connectivity index (χ0n) is 25.6. The summed E-state index contributed by atoms with van der Waals surface area (Å²) in [5.74, 6) is -1.76. The molecule has 3 amide bonds. The van der Waals surface area contributed by atoms with E-state index in [2.05, 4.69) is 23.5 Å². The molecule has 3 aromatic rings. The minimum Gasteiger partial charge on any atom is -0.394 e. The molecule has 11 heteroatoms. The average Bonchev–Trinajstić information content (AvgIpc) is 3.81. The molecule has 45 heavy (non-hydrogen) atoms. The van der Waals surface area contributed by atoms with Crippen LogP contribution in [0.1, 0.15) is 31.7 Å². The van der Waals surface area contributed by atoms with Crippen molar-refractivity contribution in [2.45, 2.75) is 61.5 Å². The summed E-state index contributed by atoms with van der Waals surface area (Å²) in [7, 11) is 0. The van der Waals surface area contributed by atoms with Gasteiger partial charge >= 0.3 is 0 Å². The van der Waals surface area contributed by atoms with Crippen molar-refractivity contribution in [1.82, 2.24) is 29.7 Å². The summed E-state index contributed by atoms with van der Waals surface area (Å²) in [4.78, 5) is 48.8. The Morgan fingerprint density at radius 1 is 1.09 bits per heavy atom. The van der Waals surface area contributed by atoms with Gasteiger partial charge in [0.1, 0.15) is 18.2 Å². The van der Waals surface area contributed by atoms with E-state index in [1.165, 1.54) is 0 Å². The lowest BCUT2D eigenvalue weighted by atomic mass is 9.70. The third-order valence-electron chi connectivity index (χ3n) is 9.60. The number of aliphatic hydroxyl groups is 1. The van der Waals surface area contributed by atoms with Crippen molar-refractivity contribution >= 4 is 40.5 Å². The van der Waals surface area contributed by atoms with Crippen LogP contribution < -0.4 is 0 Å². The van der Waals surface area contributed by atoms with Crippen LogP contribution in [0, 0.1) is 11.8 Å². The van der Waals surface area contributed by atoms with Gasteiger partial charge in [-0.05, 0) is 37.0 Å². The molecule has 10 nitrogen and oxygen atoms in total. The van der Waals surface area contributed by atoms with Crippen molar-refractivity contribution in [3.63, 3.8) is 0 Å². The quantitative estimate of drug-likeness (QED) is 0.289. The number of nitrogens with zero attached hydrogens (tertiary/aromatic N) is 6. The van der Waals surface area contributed by atoms with Crippen molar-refractivity contribution in [2.75, 3.05) is 19.7 Å². The molecular weight excluding hydrogens is 588 g/mol. The van der Waals surface area contributed by atoms with Crippen molar-refractivity contribution in [3.8, 4) is 0 Å². The molecule has 1 N–H and O–H groups in total. The Morgan fingerprint density at radius 2 is 1.80 bits per heavy atom. The minimum absolute atomic E-state index is 0.0756. The molecule has 6 rings (SSSR count). The van der Waals surface area contributed by atoms with Gasteiger partial charge in [-0.2, -0.15) is 0 Å². The lowest BCUT2D eigenvalue weighted by Crippen LogP contribution is -2.57. The predicted octanol–water partition coefficient (Wildman–Crippen LogP) is 3.48. The van der Waals surface area contributed by atoms with Gasteiger partial charge in [-0.3, -0.25) is 14.4 Å². The first kappa shape index (κ1) is 31.0. The SMILES string of the molecule is C=CCN(Cn1nnc2ccccc21)C(=O)C1N([C@@H](CC)CO)C(=O)[C@@H]2[C@H](C(=O)N(CC=C)Cc3ccccc3)[C@@H]3CCC12S3. The first-order valence-electron chi connectivity index (χ1n) is 15.6. The van der Waals surface area contributed by atoms with Gasteiger partial charge in [-0.15, -0.1) is 30.0 Å². The van der Waals surface area contributed by atoms with E-state index in [-0.39, 0.29) is 42.8 Å². The van der Waals surface area contributed by atoms with Gasteiger partial charge in [0.05, 0.1) is 34.7 Å². The standard InChI is InChI=1S/C34H40N6O4S/c1-4-18-37(20-23-12-8-7-9-13-23)31(42)28-27-16-17-34(45-27)29(28)32(43)40(24(6-3)21-41)30(34)33(44)38(19-5-2)22-39-26-15-11-10-14-25(26)35-36-39/h4-5,7-15,24,27-30,41H,1-2,6,16-22H2,3H3/t24-,27-,28+,29-,30?,34?/m0/s1. The average molecular weight is 629 g/mol. The fourth-order valence-electron chi connectivity index (χ4n) is 7.59. The zero-order valence-corrected chi connectivity index (χ0v) is 26.4. The number of hydrogen-bond donors (Lipinski definition) is 1.